The van der Waals surface area contributed by atoms with E-state index >= 15 is 0 Å². The molecule has 2 aromatic carbocycles. The fraction of sp³-hybridized carbons (Fsp3) is 0.250. The highest BCUT2D eigenvalue weighted by Gasteiger charge is 2.17. The van der Waals surface area contributed by atoms with Crippen LogP contribution in [0.4, 0.5) is 4.39 Å². The van der Waals surface area contributed by atoms with Crippen LogP contribution in [0.3, 0.4) is 0 Å². The summed E-state index contributed by atoms with van der Waals surface area (Å²) in [5.41, 5.74) is 1.59. The van der Waals surface area contributed by atoms with Crippen molar-refractivity contribution in [3.8, 4) is 11.4 Å². The third-order valence-corrected chi connectivity index (χ3v) is 5.03. The van der Waals surface area contributed by atoms with Crippen molar-refractivity contribution >= 4 is 17.7 Å². The number of ether oxygens (including phenoxy) is 1. The number of carbonyl (C=O) groups is 1. The minimum atomic E-state index is -0.336. The van der Waals surface area contributed by atoms with Crippen LogP contribution in [0, 0.1) is 5.82 Å². The Balaban J connectivity index is 1.84. The Hall–Kier alpha value is -2.67. The largest absolute Gasteiger partial charge is 0.469 e. The lowest BCUT2D eigenvalue weighted by Crippen LogP contribution is -2.07. The number of benzene rings is 2. The van der Waals surface area contributed by atoms with Crippen LogP contribution in [0.2, 0.25) is 0 Å². The fourth-order valence-corrected chi connectivity index (χ4v) is 3.54. The van der Waals surface area contributed by atoms with Gasteiger partial charge in [-0.25, -0.2) is 4.39 Å². The second-order valence-corrected chi connectivity index (χ2v) is 6.91. The lowest BCUT2D eigenvalue weighted by Gasteiger charge is -2.11. The van der Waals surface area contributed by atoms with E-state index in [1.165, 1.54) is 30.5 Å². The van der Waals surface area contributed by atoms with Crippen molar-refractivity contribution in [3.63, 3.8) is 0 Å². The molecule has 0 aliphatic rings. The number of carbonyl (C=O) groups excluding carboxylic acids is 1. The summed E-state index contributed by atoms with van der Waals surface area (Å²) in [5.74, 6) is 0.404. The van der Waals surface area contributed by atoms with Crippen molar-refractivity contribution in [2.75, 3.05) is 12.9 Å². The van der Waals surface area contributed by atoms with Crippen molar-refractivity contribution < 1.29 is 13.9 Å². The zero-order valence-electron chi connectivity index (χ0n) is 15.0. The van der Waals surface area contributed by atoms with Gasteiger partial charge in [0.05, 0.1) is 19.1 Å². The number of halogens is 1. The monoisotopic (exact) mass is 385 g/mol. The first-order chi connectivity index (χ1) is 13.2. The highest BCUT2D eigenvalue weighted by atomic mass is 32.2. The number of esters is 1. The van der Waals surface area contributed by atoms with E-state index in [0.717, 1.165) is 6.42 Å². The highest BCUT2D eigenvalue weighted by Crippen LogP contribution is 2.26. The maximum absolute atomic E-state index is 14.3. The first-order valence-electron chi connectivity index (χ1n) is 8.60. The standard InChI is InChI=1S/C20H20FN3O2S/c1-26-18(25)12-14-27-20-23-22-19(16-9-5-6-10-17(16)21)24(20)13-11-15-7-3-2-4-8-15/h2-10H,11-14H2,1H3. The van der Waals surface area contributed by atoms with Crippen LogP contribution in [0.5, 0.6) is 0 Å². The van der Waals surface area contributed by atoms with Crippen LogP contribution < -0.4 is 0 Å². The van der Waals surface area contributed by atoms with Crippen molar-refractivity contribution in [2.24, 2.45) is 0 Å². The predicted molar refractivity (Wildman–Crippen MR) is 103 cm³/mol. The fourth-order valence-electron chi connectivity index (χ4n) is 2.65. The highest BCUT2D eigenvalue weighted by molar-refractivity contribution is 7.99. The Morgan fingerprint density at radius 2 is 1.85 bits per heavy atom. The Kier molecular flexibility index (Phi) is 6.59. The maximum Gasteiger partial charge on any atom is 0.306 e. The molecule has 140 valence electrons. The average Bonchev–Trinajstić information content (AvgIpc) is 3.10. The van der Waals surface area contributed by atoms with Gasteiger partial charge < -0.3 is 9.30 Å². The smallest absolute Gasteiger partial charge is 0.306 e. The van der Waals surface area contributed by atoms with Gasteiger partial charge in [-0.2, -0.15) is 0 Å². The van der Waals surface area contributed by atoms with Crippen molar-refractivity contribution in [1.82, 2.24) is 14.8 Å². The molecule has 0 atom stereocenters. The van der Waals surface area contributed by atoms with Gasteiger partial charge in [0.1, 0.15) is 5.82 Å². The number of aryl methyl sites for hydroxylation is 1. The predicted octanol–water partition coefficient (Wildman–Crippen LogP) is 3.98. The number of methoxy groups -OCH3 is 1. The van der Waals surface area contributed by atoms with Crippen molar-refractivity contribution in [1.29, 1.82) is 0 Å². The lowest BCUT2D eigenvalue weighted by atomic mass is 10.1. The minimum absolute atomic E-state index is 0.271. The van der Waals surface area contributed by atoms with Gasteiger partial charge in [-0.05, 0) is 24.1 Å². The first-order valence-corrected chi connectivity index (χ1v) is 9.59. The van der Waals surface area contributed by atoms with E-state index < -0.39 is 0 Å². The molecule has 5 nitrogen and oxygen atoms in total. The van der Waals surface area contributed by atoms with Crippen LogP contribution in [0.1, 0.15) is 12.0 Å². The zero-order chi connectivity index (χ0) is 19.1. The van der Waals surface area contributed by atoms with E-state index in [9.17, 15) is 9.18 Å². The zero-order valence-corrected chi connectivity index (χ0v) is 15.8. The van der Waals surface area contributed by atoms with Crippen LogP contribution >= 0.6 is 11.8 Å². The molecule has 0 N–H and O–H groups in total. The third-order valence-electron chi connectivity index (χ3n) is 4.06. The third kappa shape index (κ3) is 4.95. The average molecular weight is 385 g/mol. The number of hydrogen-bond donors (Lipinski definition) is 0. The summed E-state index contributed by atoms with van der Waals surface area (Å²) in [7, 11) is 1.37. The number of aromatic nitrogens is 3. The molecule has 3 rings (SSSR count). The van der Waals surface area contributed by atoms with Crippen LogP contribution in [-0.2, 0) is 22.5 Å². The second-order valence-electron chi connectivity index (χ2n) is 5.85. The molecule has 0 saturated carbocycles. The molecule has 0 fully saturated rings. The quantitative estimate of drug-likeness (QED) is 0.434. The van der Waals surface area contributed by atoms with Gasteiger partial charge in [-0.15, -0.1) is 10.2 Å². The van der Waals surface area contributed by atoms with Crippen molar-refractivity contribution in [3.05, 3.63) is 66.0 Å². The Morgan fingerprint density at radius 1 is 1.11 bits per heavy atom. The molecule has 3 aromatic rings. The SMILES string of the molecule is COC(=O)CCSc1nnc(-c2ccccc2F)n1CCc1ccccc1. The van der Waals surface area contributed by atoms with Crippen LogP contribution in [0.25, 0.3) is 11.4 Å². The molecule has 0 amide bonds. The molecular formula is C20H20FN3O2S. The lowest BCUT2D eigenvalue weighted by molar-refractivity contribution is -0.140. The Labute approximate surface area is 161 Å². The molecule has 1 heterocycles. The van der Waals surface area contributed by atoms with Crippen molar-refractivity contribution in [2.45, 2.75) is 24.5 Å². The van der Waals surface area contributed by atoms with Gasteiger partial charge in [0.25, 0.3) is 0 Å². The molecule has 0 aliphatic carbocycles. The molecule has 0 unspecified atom stereocenters. The molecule has 0 radical (unpaired) electrons. The normalized spacial score (nSPS) is 10.7. The molecule has 0 saturated heterocycles. The summed E-state index contributed by atoms with van der Waals surface area (Å²) in [6.45, 7) is 0.612. The summed E-state index contributed by atoms with van der Waals surface area (Å²) >= 11 is 1.41. The number of rotatable bonds is 8. The molecular weight excluding hydrogens is 365 g/mol. The summed E-state index contributed by atoms with van der Waals surface area (Å²) in [4.78, 5) is 11.3. The van der Waals surface area contributed by atoms with E-state index in [-0.39, 0.29) is 18.2 Å². The van der Waals surface area contributed by atoms with Crippen LogP contribution in [-0.4, -0.2) is 33.6 Å². The van der Waals surface area contributed by atoms with E-state index in [2.05, 4.69) is 27.1 Å². The van der Waals surface area contributed by atoms with Gasteiger partial charge >= 0.3 is 5.97 Å². The molecule has 0 bridgehead atoms. The van der Waals surface area contributed by atoms with Gasteiger partial charge in [0.2, 0.25) is 0 Å². The summed E-state index contributed by atoms with van der Waals surface area (Å²) in [5, 5.41) is 9.10. The second kappa shape index (κ2) is 9.32. The van der Waals surface area contributed by atoms with Crippen LogP contribution in [0.15, 0.2) is 59.8 Å². The van der Waals surface area contributed by atoms with E-state index in [0.29, 0.717) is 28.8 Å². The molecule has 0 spiro atoms. The summed E-state index contributed by atoms with van der Waals surface area (Å²) in [6, 6.07) is 16.6. The maximum atomic E-state index is 14.3. The van der Waals surface area contributed by atoms with Gasteiger partial charge in [-0.3, -0.25) is 4.79 Å². The van der Waals surface area contributed by atoms with E-state index in [1.54, 1.807) is 18.2 Å². The van der Waals surface area contributed by atoms with E-state index in [1.807, 2.05) is 22.8 Å². The number of nitrogens with zero attached hydrogens (tertiary/aromatic N) is 3. The summed E-state index contributed by atoms with van der Waals surface area (Å²) in [6.07, 6.45) is 1.05. The molecule has 7 heteroatoms. The van der Waals surface area contributed by atoms with Gasteiger partial charge in [-0.1, -0.05) is 54.2 Å². The Bertz CT molecular complexity index is 899. The topological polar surface area (TPSA) is 57.0 Å². The first kappa shape index (κ1) is 19.1. The molecule has 0 aliphatic heterocycles. The molecule has 1 aromatic heterocycles. The molecule has 27 heavy (non-hydrogen) atoms. The van der Waals surface area contributed by atoms with Gasteiger partial charge in [0, 0.05) is 12.3 Å². The minimum Gasteiger partial charge on any atom is -0.469 e. The van der Waals surface area contributed by atoms with E-state index in [4.69, 9.17) is 0 Å². The van der Waals surface area contributed by atoms with Gasteiger partial charge in [0.15, 0.2) is 11.0 Å². The number of hydrogen-bond acceptors (Lipinski definition) is 5. The Morgan fingerprint density at radius 3 is 2.59 bits per heavy atom. The number of thioether (sulfide) groups is 1. The summed E-state index contributed by atoms with van der Waals surface area (Å²) < 4.78 is 20.9.